The van der Waals surface area contributed by atoms with Crippen molar-refractivity contribution < 1.29 is 9.90 Å². The van der Waals surface area contributed by atoms with Crippen molar-refractivity contribution in [2.24, 2.45) is 5.73 Å². The van der Waals surface area contributed by atoms with Crippen molar-refractivity contribution in [3.8, 4) is 0 Å². The SMILES string of the molecule is Cc1ccc(CO)cc1C(N)=O. The molecule has 0 aliphatic heterocycles. The highest BCUT2D eigenvalue weighted by Gasteiger charge is 2.04. The summed E-state index contributed by atoms with van der Waals surface area (Å²) in [7, 11) is 0. The minimum absolute atomic E-state index is 0.0689. The molecule has 3 heteroatoms. The molecule has 3 nitrogen and oxygen atoms in total. The summed E-state index contributed by atoms with van der Waals surface area (Å²) in [6.45, 7) is 1.74. The molecule has 0 atom stereocenters. The Hall–Kier alpha value is -1.35. The van der Waals surface area contributed by atoms with E-state index < -0.39 is 5.91 Å². The number of nitrogens with two attached hydrogens (primary N) is 1. The average Bonchev–Trinajstić information content (AvgIpc) is 2.05. The number of aliphatic hydroxyl groups is 1. The van der Waals surface area contributed by atoms with Gasteiger partial charge >= 0.3 is 0 Å². The molecule has 64 valence electrons. The standard InChI is InChI=1S/C9H11NO2/c1-6-2-3-7(5-11)4-8(6)9(10)12/h2-4,11H,5H2,1H3,(H2,10,12). The van der Waals surface area contributed by atoms with Crippen LogP contribution in [-0.2, 0) is 6.61 Å². The third kappa shape index (κ3) is 1.62. The molecule has 0 radical (unpaired) electrons. The van der Waals surface area contributed by atoms with Gasteiger partial charge in [0.1, 0.15) is 0 Å². The minimum Gasteiger partial charge on any atom is -0.392 e. The second-order valence-electron chi connectivity index (χ2n) is 2.67. The summed E-state index contributed by atoms with van der Waals surface area (Å²) in [4.78, 5) is 10.8. The molecule has 0 heterocycles. The van der Waals surface area contributed by atoms with Crippen LogP contribution in [0, 0.1) is 6.92 Å². The lowest BCUT2D eigenvalue weighted by Gasteiger charge is -2.02. The van der Waals surface area contributed by atoms with Crippen molar-refractivity contribution in [1.29, 1.82) is 0 Å². The lowest BCUT2D eigenvalue weighted by atomic mass is 10.1. The number of hydrogen-bond acceptors (Lipinski definition) is 2. The van der Waals surface area contributed by atoms with E-state index >= 15 is 0 Å². The molecular weight excluding hydrogens is 154 g/mol. The molecular formula is C9H11NO2. The van der Waals surface area contributed by atoms with E-state index in [1.807, 2.05) is 0 Å². The first-order valence-corrected chi connectivity index (χ1v) is 3.65. The Morgan fingerprint density at radius 2 is 2.25 bits per heavy atom. The van der Waals surface area contributed by atoms with Crippen molar-refractivity contribution in [3.63, 3.8) is 0 Å². The second-order valence-corrected chi connectivity index (χ2v) is 2.67. The van der Waals surface area contributed by atoms with Crippen LogP contribution in [0.15, 0.2) is 18.2 Å². The summed E-state index contributed by atoms with van der Waals surface area (Å²) in [5.74, 6) is -0.456. The molecule has 1 rings (SSSR count). The number of carbonyl (C=O) groups excluding carboxylic acids is 1. The van der Waals surface area contributed by atoms with E-state index in [9.17, 15) is 4.79 Å². The van der Waals surface area contributed by atoms with Gasteiger partial charge < -0.3 is 10.8 Å². The molecule has 12 heavy (non-hydrogen) atoms. The molecule has 0 aliphatic carbocycles. The number of hydrogen-bond donors (Lipinski definition) is 2. The Morgan fingerprint density at radius 1 is 1.58 bits per heavy atom. The first-order chi connectivity index (χ1) is 5.65. The van der Waals surface area contributed by atoms with E-state index in [1.54, 1.807) is 25.1 Å². The first-order valence-electron chi connectivity index (χ1n) is 3.65. The molecule has 0 unspecified atom stereocenters. The van der Waals surface area contributed by atoms with Crippen LogP contribution in [-0.4, -0.2) is 11.0 Å². The van der Waals surface area contributed by atoms with Crippen LogP contribution >= 0.6 is 0 Å². The van der Waals surface area contributed by atoms with Crippen LogP contribution < -0.4 is 5.73 Å². The zero-order valence-electron chi connectivity index (χ0n) is 6.87. The molecule has 0 spiro atoms. The van der Waals surface area contributed by atoms with Gasteiger partial charge in [0.05, 0.1) is 6.61 Å². The third-order valence-electron chi connectivity index (χ3n) is 1.75. The summed E-state index contributed by atoms with van der Waals surface area (Å²) < 4.78 is 0. The highest BCUT2D eigenvalue weighted by atomic mass is 16.3. The zero-order chi connectivity index (χ0) is 9.14. The van der Waals surface area contributed by atoms with Crippen molar-refractivity contribution in [3.05, 3.63) is 34.9 Å². The molecule has 0 saturated carbocycles. The molecule has 0 saturated heterocycles. The highest BCUT2D eigenvalue weighted by molar-refractivity contribution is 5.94. The third-order valence-corrected chi connectivity index (χ3v) is 1.75. The van der Waals surface area contributed by atoms with Gasteiger partial charge in [0.25, 0.3) is 0 Å². The van der Waals surface area contributed by atoms with Gasteiger partial charge in [0.2, 0.25) is 5.91 Å². The minimum atomic E-state index is -0.456. The summed E-state index contributed by atoms with van der Waals surface area (Å²) in [6, 6.07) is 5.14. The fraction of sp³-hybridized carbons (Fsp3) is 0.222. The topological polar surface area (TPSA) is 63.3 Å². The maximum atomic E-state index is 10.8. The smallest absolute Gasteiger partial charge is 0.248 e. The van der Waals surface area contributed by atoms with Gasteiger partial charge in [-0.2, -0.15) is 0 Å². The van der Waals surface area contributed by atoms with Crippen LogP contribution in [0.1, 0.15) is 21.5 Å². The van der Waals surface area contributed by atoms with E-state index in [4.69, 9.17) is 10.8 Å². The number of carbonyl (C=O) groups is 1. The number of benzene rings is 1. The van der Waals surface area contributed by atoms with Crippen molar-refractivity contribution >= 4 is 5.91 Å². The number of amides is 1. The maximum Gasteiger partial charge on any atom is 0.248 e. The van der Waals surface area contributed by atoms with Crippen LogP contribution in [0.3, 0.4) is 0 Å². The van der Waals surface area contributed by atoms with E-state index in [1.165, 1.54) is 0 Å². The van der Waals surface area contributed by atoms with E-state index in [2.05, 4.69) is 0 Å². The predicted molar refractivity (Wildman–Crippen MR) is 45.6 cm³/mol. The molecule has 1 aromatic carbocycles. The number of rotatable bonds is 2. The van der Waals surface area contributed by atoms with Gasteiger partial charge in [-0.1, -0.05) is 12.1 Å². The van der Waals surface area contributed by atoms with Gasteiger partial charge in [-0.05, 0) is 24.1 Å². The summed E-state index contributed by atoms with van der Waals surface area (Å²) >= 11 is 0. The van der Waals surface area contributed by atoms with Crippen molar-refractivity contribution in [2.75, 3.05) is 0 Å². The highest BCUT2D eigenvalue weighted by Crippen LogP contribution is 2.10. The summed E-state index contributed by atoms with van der Waals surface area (Å²) in [5, 5.41) is 8.78. The maximum absolute atomic E-state index is 10.8. The van der Waals surface area contributed by atoms with Crippen LogP contribution in [0.25, 0.3) is 0 Å². The lowest BCUT2D eigenvalue weighted by Crippen LogP contribution is -2.13. The molecule has 0 bridgehead atoms. The Kier molecular flexibility index (Phi) is 2.45. The predicted octanol–water partition coefficient (Wildman–Crippen LogP) is 0.586. The zero-order valence-corrected chi connectivity index (χ0v) is 6.87. The summed E-state index contributed by atoms with van der Waals surface area (Å²) in [5.41, 5.74) is 7.13. The van der Waals surface area contributed by atoms with E-state index in [-0.39, 0.29) is 6.61 Å². The fourth-order valence-corrected chi connectivity index (χ4v) is 1.03. The van der Waals surface area contributed by atoms with Gasteiger partial charge in [-0.3, -0.25) is 4.79 Å². The molecule has 0 aliphatic rings. The lowest BCUT2D eigenvalue weighted by molar-refractivity contribution is 0.0999. The monoisotopic (exact) mass is 165 g/mol. The largest absolute Gasteiger partial charge is 0.392 e. The fourth-order valence-electron chi connectivity index (χ4n) is 1.03. The molecule has 3 N–H and O–H groups in total. The first kappa shape index (κ1) is 8.74. The quantitative estimate of drug-likeness (QED) is 0.673. The normalized spacial score (nSPS) is 9.83. The molecule has 0 fully saturated rings. The van der Waals surface area contributed by atoms with Crippen LogP contribution in [0.4, 0.5) is 0 Å². The van der Waals surface area contributed by atoms with Gasteiger partial charge in [0, 0.05) is 5.56 Å². The van der Waals surface area contributed by atoms with E-state index in [0.29, 0.717) is 11.1 Å². The summed E-state index contributed by atoms with van der Waals surface area (Å²) in [6.07, 6.45) is 0. The van der Waals surface area contributed by atoms with Gasteiger partial charge in [-0.15, -0.1) is 0 Å². The van der Waals surface area contributed by atoms with Crippen LogP contribution in [0.2, 0.25) is 0 Å². The van der Waals surface area contributed by atoms with Gasteiger partial charge in [-0.25, -0.2) is 0 Å². The Morgan fingerprint density at radius 3 is 2.75 bits per heavy atom. The van der Waals surface area contributed by atoms with Gasteiger partial charge in [0.15, 0.2) is 0 Å². The number of aliphatic hydroxyl groups excluding tert-OH is 1. The number of aryl methyl sites for hydroxylation is 1. The Balaban J connectivity index is 3.17. The van der Waals surface area contributed by atoms with Crippen molar-refractivity contribution in [2.45, 2.75) is 13.5 Å². The van der Waals surface area contributed by atoms with Crippen LogP contribution in [0.5, 0.6) is 0 Å². The van der Waals surface area contributed by atoms with Crippen molar-refractivity contribution in [1.82, 2.24) is 0 Å². The second kappa shape index (κ2) is 3.36. The molecule has 1 aromatic rings. The molecule has 1 amide bonds. The Bertz CT molecular complexity index is 307. The average molecular weight is 165 g/mol. The Labute approximate surface area is 70.8 Å². The number of primary amides is 1. The van der Waals surface area contributed by atoms with E-state index in [0.717, 1.165) is 5.56 Å². The molecule has 0 aromatic heterocycles.